The van der Waals surface area contributed by atoms with Gasteiger partial charge in [-0.15, -0.1) is 24.0 Å². The molecule has 0 bridgehead atoms. The molecule has 0 aliphatic carbocycles. The summed E-state index contributed by atoms with van der Waals surface area (Å²) >= 11 is 0. The van der Waals surface area contributed by atoms with Gasteiger partial charge in [0.2, 0.25) is 0 Å². The maximum atomic E-state index is 12.1. The minimum Gasteiger partial charge on any atom is -0.497 e. The number of nitrogens with one attached hydrogen (secondary N) is 3. The SMILES string of the molecule is CCCCCN=C(NCC)NCCNC(=O)c1cccc(OC)c1.I. The van der Waals surface area contributed by atoms with Crippen molar-refractivity contribution in [3.8, 4) is 5.75 Å². The van der Waals surface area contributed by atoms with Crippen LogP contribution >= 0.6 is 24.0 Å². The molecule has 0 aliphatic rings. The van der Waals surface area contributed by atoms with Gasteiger partial charge in [-0.3, -0.25) is 9.79 Å². The van der Waals surface area contributed by atoms with Gasteiger partial charge in [0.05, 0.1) is 7.11 Å². The molecule has 0 heterocycles. The van der Waals surface area contributed by atoms with Crippen molar-refractivity contribution in [2.75, 3.05) is 33.3 Å². The Kier molecular flexibility index (Phi) is 13.9. The zero-order chi connectivity index (χ0) is 17.6. The van der Waals surface area contributed by atoms with E-state index < -0.39 is 0 Å². The predicted octanol–water partition coefficient (Wildman–Crippen LogP) is 2.79. The maximum absolute atomic E-state index is 12.1. The van der Waals surface area contributed by atoms with E-state index in [1.165, 1.54) is 12.8 Å². The topological polar surface area (TPSA) is 74.8 Å². The first-order valence-corrected chi connectivity index (χ1v) is 8.65. The summed E-state index contributed by atoms with van der Waals surface area (Å²) in [4.78, 5) is 16.6. The van der Waals surface area contributed by atoms with Gasteiger partial charge in [0.15, 0.2) is 5.96 Å². The number of hydrogen-bond acceptors (Lipinski definition) is 3. The molecule has 3 N–H and O–H groups in total. The van der Waals surface area contributed by atoms with Crippen LogP contribution in [0.4, 0.5) is 0 Å². The Morgan fingerprint density at radius 2 is 1.88 bits per heavy atom. The van der Waals surface area contributed by atoms with Crippen LogP contribution in [0.15, 0.2) is 29.3 Å². The van der Waals surface area contributed by atoms with Crippen LogP contribution in [0.3, 0.4) is 0 Å². The summed E-state index contributed by atoms with van der Waals surface area (Å²) in [6, 6.07) is 7.11. The number of unbranched alkanes of at least 4 members (excludes halogenated alkanes) is 2. The third kappa shape index (κ3) is 10.2. The number of ether oxygens (including phenoxy) is 1. The van der Waals surface area contributed by atoms with Crippen LogP contribution in [0, 0.1) is 0 Å². The Bertz CT molecular complexity index is 524. The molecule has 0 fully saturated rings. The number of nitrogens with zero attached hydrogens (tertiary/aromatic N) is 1. The van der Waals surface area contributed by atoms with E-state index in [9.17, 15) is 4.79 Å². The highest BCUT2D eigenvalue weighted by atomic mass is 127. The van der Waals surface area contributed by atoms with E-state index in [-0.39, 0.29) is 29.9 Å². The fourth-order valence-corrected chi connectivity index (χ4v) is 2.12. The molecular formula is C18H31IN4O2. The molecule has 1 rings (SSSR count). The summed E-state index contributed by atoms with van der Waals surface area (Å²) in [5.74, 6) is 1.36. The van der Waals surface area contributed by atoms with E-state index in [0.29, 0.717) is 24.4 Å². The number of benzene rings is 1. The van der Waals surface area contributed by atoms with Gasteiger partial charge in [0, 0.05) is 31.7 Å². The van der Waals surface area contributed by atoms with Crippen LogP contribution in [-0.4, -0.2) is 45.2 Å². The number of rotatable bonds is 10. The normalized spacial score (nSPS) is 10.6. The molecule has 1 amide bonds. The third-order valence-electron chi connectivity index (χ3n) is 3.41. The number of hydrogen-bond donors (Lipinski definition) is 3. The van der Waals surface area contributed by atoms with Gasteiger partial charge in [-0.1, -0.05) is 25.8 Å². The molecule has 6 nitrogen and oxygen atoms in total. The minimum absolute atomic E-state index is 0. The lowest BCUT2D eigenvalue weighted by atomic mass is 10.2. The van der Waals surface area contributed by atoms with Crippen molar-refractivity contribution in [1.82, 2.24) is 16.0 Å². The smallest absolute Gasteiger partial charge is 0.251 e. The second-order valence-corrected chi connectivity index (χ2v) is 5.38. The van der Waals surface area contributed by atoms with E-state index in [2.05, 4.69) is 27.9 Å². The first kappa shape index (κ1) is 23.5. The Hall–Kier alpha value is -1.51. The van der Waals surface area contributed by atoms with E-state index >= 15 is 0 Å². The third-order valence-corrected chi connectivity index (χ3v) is 3.41. The monoisotopic (exact) mass is 462 g/mol. The number of halogens is 1. The van der Waals surface area contributed by atoms with Crippen LogP contribution in [-0.2, 0) is 0 Å². The highest BCUT2D eigenvalue weighted by Crippen LogP contribution is 2.12. The predicted molar refractivity (Wildman–Crippen MR) is 114 cm³/mol. The number of aliphatic imine (C=N–C) groups is 1. The van der Waals surface area contributed by atoms with Crippen LogP contribution < -0.4 is 20.7 Å². The van der Waals surface area contributed by atoms with Crippen LogP contribution in [0.1, 0.15) is 43.5 Å². The van der Waals surface area contributed by atoms with Crippen molar-refractivity contribution in [2.24, 2.45) is 4.99 Å². The molecule has 0 radical (unpaired) electrons. The number of guanidine groups is 1. The summed E-state index contributed by atoms with van der Waals surface area (Å²) in [7, 11) is 1.59. The molecule has 0 aromatic heterocycles. The van der Waals surface area contributed by atoms with Gasteiger partial charge < -0.3 is 20.7 Å². The van der Waals surface area contributed by atoms with Crippen molar-refractivity contribution in [2.45, 2.75) is 33.1 Å². The van der Waals surface area contributed by atoms with Gasteiger partial charge in [-0.05, 0) is 31.5 Å². The second-order valence-electron chi connectivity index (χ2n) is 5.38. The summed E-state index contributed by atoms with van der Waals surface area (Å²) in [5.41, 5.74) is 0.592. The van der Waals surface area contributed by atoms with Gasteiger partial charge in [0.25, 0.3) is 5.91 Å². The number of amides is 1. The van der Waals surface area contributed by atoms with Crippen LogP contribution in [0.5, 0.6) is 5.75 Å². The zero-order valence-corrected chi connectivity index (χ0v) is 17.8. The summed E-state index contributed by atoms with van der Waals surface area (Å²) < 4.78 is 5.13. The quantitative estimate of drug-likeness (QED) is 0.216. The Morgan fingerprint density at radius 3 is 2.56 bits per heavy atom. The van der Waals surface area contributed by atoms with E-state index in [4.69, 9.17) is 4.74 Å². The average Bonchev–Trinajstić information content (AvgIpc) is 2.62. The molecule has 0 unspecified atom stereocenters. The van der Waals surface area contributed by atoms with Gasteiger partial charge in [-0.25, -0.2) is 0 Å². The van der Waals surface area contributed by atoms with E-state index in [0.717, 1.165) is 25.5 Å². The molecule has 0 atom stereocenters. The maximum Gasteiger partial charge on any atom is 0.251 e. The Labute approximate surface area is 168 Å². The van der Waals surface area contributed by atoms with E-state index in [1.54, 1.807) is 25.3 Å². The van der Waals surface area contributed by atoms with Crippen molar-refractivity contribution in [3.63, 3.8) is 0 Å². The number of carbonyl (C=O) groups is 1. The van der Waals surface area contributed by atoms with Crippen molar-refractivity contribution < 1.29 is 9.53 Å². The molecule has 0 saturated heterocycles. The van der Waals surface area contributed by atoms with E-state index in [1.807, 2.05) is 13.0 Å². The summed E-state index contributed by atoms with van der Waals surface area (Å²) in [6.45, 7) is 6.99. The minimum atomic E-state index is -0.111. The largest absolute Gasteiger partial charge is 0.497 e. The molecule has 0 spiro atoms. The van der Waals surface area contributed by atoms with Gasteiger partial charge in [-0.2, -0.15) is 0 Å². The molecule has 1 aromatic carbocycles. The molecule has 1 aromatic rings. The summed E-state index contributed by atoms with van der Waals surface area (Å²) in [5, 5.41) is 9.31. The standard InChI is InChI=1S/C18H30N4O2.HI/c1-4-6-7-11-21-18(19-5-2)22-13-12-20-17(23)15-9-8-10-16(14-15)24-3;/h8-10,14H,4-7,11-13H2,1-3H3,(H,20,23)(H2,19,21,22);1H. The highest BCUT2D eigenvalue weighted by molar-refractivity contribution is 14.0. The first-order chi connectivity index (χ1) is 11.7. The molecular weight excluding hydrogens is 431 g/mol. The molecule has 142 valence electrons. The lowest BCUT2D eigenvalue weighted by molar-refractivity contribution is 0.0954. The lowest BCUT2D eigenvalue weighted by Gasteiger charge is -2.12. The first-order valence-electron chi connectivity index (χ1n) is 8.65. The second kappa shape index (κ2) is 14.8. The molecule has 7 heteroatoms. The zero-order valence-electron chi connectivity index (χ0n) is 15.4. The highest BCUT2D eigenvalue weighted by Gasteiger charge is 2.05. The average molecular weight is 462 g/mol. The fraction of sp³-hybridized carbons (Fsp3) is 0.556. The summed E-state index contributed by atoms with van der Waals surface area (Å²) in [6.07, 6.45) is 3.48. The molecule has 0 saturated carbocycles. The number of methoxy groups -OCH3 is 1. The Balaban J connectivity index is 0.00000576. The lowest BCUT2D eigenvalue weighted by Crippen LogP contribution is -2.41. The fourth-order valence-electron chi connectivity index (χ4n) is 2.12. The molecule has 0 aliphatic heterocycles. The number of carbonyl (C=O) groups excluding carboxylic acids is 1. The van der Waals surface area contributed by atoms with Crippen molar-refractivity contribution in [1.29, 1.82) is 0 Å². The van der Waals surface area contributed by atoms with Crippen LogP contribution in [0.2, 0.25) is 0 Å². The van der Waals surface area contributed by atoms with Crippen molar-refractivity contribution >= 4 is 35.8 Å². The van der Waals surface area contributed by atoms with Gasteiger partial charge in [0.1, 0.15) is 5.75 Å². The Morgan fingerprint density at radius 1 is 1.12 bits per heavy atom. The van der Waals surface area contributed by atoms with Gasteiger partial charge >= 0.3 is 0 Å². The van der Waals surface area contributed by atoms with Crippen LogP contribution in [0.25, 0.3) is 0 Å². The molecule has 25 heavy (non-hydrogen) atoms. The van der Waals surface area contributed by atoms with Crippen molar-refractivity contribution in [3.05, 3.63) is 29.8 Å².